The first kappa shape index (κ1) is 12.2. The van der Waals surface area contributed by atoms with Gasteiger partial charge in [-0.1, -0.05) is 13.8 Å². The molecule has 88 valence electrons. The Hall–Kier alpha value is -1.85. The average molecular weight is 225 g/mol. The zero-order chi connectivity index (χ0) is 12.1. The first-order valence-electron chi connectivity index (χ1n) is 5.01. The Morgan fingerprint density at radius 1 is 1.50 bits per heavy atom. The largest absolute Gasteiger partial charge is 0.481 e. The van der Waals surface area contributed by atoms with Crippen molar-refractivity contribution in [3.8, 4) is 0 Å². The van der Waals surface area contributed by atoms with Crippen LogP contribution < -0.4 is 5.32 Å². The van der Waals surface area contributed by atoms with Gasteiger partial charge in [0.2, 0.25) is 5.91 Å². The number of carbonyl (C=O) groups is 2. The van der Waals surface area contributed by atoms with Gasteiger partial charge in [-0.2, -0.15) is 0 Å². The SMILES string of the molecule is CC(C(=O)O)C(C)C(=O)NCc1ncc[nH]1. The van der Waals surface area contributed by atoms with E-state index in [1.165, 1.54) is 6.92 Å². The zero-order valence-electron chi connectivity index (χ0n) is 9.23. The second kappa shape index (κ2) is 5.29. The molecule has 1 aromatic heterocycles. The molecule has 0 aliphatic carbocycles. The second-order valence-electron chi connectivity index (χ2n) is 3.67. The van der Waals surface area contributed by atoms with E-state index >= 15 is 0 Å². The summed E-state index contributed by atoms with van der Waals surface area (Å²) in [4.78, 5) is 29.0. The number of imidazole rings is 1. The molecule has 0 bridgehead atoms. The number of amides is 1. The quantitative estimate of drug-likeness (QED) is 0.675. The highest BCUT2D eigenvalue weighted by molar-refractivity contribution is 5.84. The van der Waals surface area contributed by atoms with Crippen LogP contribution in [0.15, 0.2) is 12.4 Å². The van der Waals surface area contributed by atoms with Crippen molar-refractivity contribution in [3.05, 3.63) is 18.2 Å². The summed E-state index contributed by atoms with van der Waals surface area (Å²) in [6.45, 7) is 3.39. The van der Waals surface area contributed by atoms with E-state index in [9.17, 15) is 9.59 Å². The van der Waals surface area contributed by atoms with Crippen molar-refractivity contribution in [1.29, 1.82) is 0 Å². The van der Waals surface area contributed by atoms with Crippen LogP contribution in [0.5, 0.6) is 0 Å². The summed E-state index contributed by atoms with van der Waals surface area (Å²) in [5.74, 6) is -1.88. The maximum Gasteiger partial charge on any atom is 0.307 e. The van der Waals surface area contributed by atoms with Crippen molar-refractivity contribution in [1.82, 2.24) is 15.3 Å². The number of carboxylic acids is 1. The molecule has 1 rings (SSSR count). The molecule has 0 radical (unpaired) electrons. The van der Waals surface area contributed by atoms with Crippen LogP contribution in [0.25, 0.3) is 0 Å². The van der Waals surface area contributed by atoms with Gasteiger partial charge in [-0.25, -0.2) is 4.98 Å². The highest BCUT2D eigenvalue weighted by Gasteiger charge is 2.25. The summed E-state index contributed by atoms with van der Waals surface area (Å²) in [5.41, 5.74) is 0. The van der Waals surface area contributed by atoms with Crippen molar-refractivity contribution >= 4 is 11.9 Å². The summed E-state index contributed by atoms with van der Waals surface area (Å²) in [6, 6.07) is 0. The Morgan fingerprint density at radius 3 is 2.69 bits per heavy atom. The Kier molecular flexibility index (Phi) is 4.04. The number of nitrogens with zero attached hydrogens (tertiary/aromatic N) is 1. The maximum atomic E-state index is 11.6. The number of nitrogens with one attached hydrogen (secondary N) is 2. The number of hydrogen-bond donors (Lipinski definition) is 3. The number of hydrogen-bond acceptors (Lipinski definition) is 3. The number of aliphatic carboxylic acids is 1. The lowest BCUT2D eigenvalue weighted by molar-refractivity contribution is -0.146. The van der Waals surface area contributed by atoms with Gasteiger partial charge in [0.15, 0.2) is 0 Å². The van der Waals surface area contributed by atoms with Gasteiger partial charge in [-0.15, -0.1) is 0 Å². The minimum atomic E-state index is -0.972. The number of carboxylic acid groups (broad SMARTS) is 1. The maximum absolute atomic E-state index is 11.6. The number of H-pyrrole nitrogens is 1. The van der Waals surface area contributed by atoms with Gasteiger partial charge in [-0.3, -0.25) is 9.59 Å². The lowest BCUT2D eigenvalue weighted by atomic mass is 9.95. The van der Waals surface area contributed by atoms with E-state index in [0.29, 0.717) is 5.82 Å². The third-order valence-corrected chi connectivity index (χ3v) is 2.54. The van der Waals surface area contributed by atoms with E-state index in [2.05, 4.69) is 15.3 Å². The molecule has 6 nitrogen and oxygen atoms in total. The fraction of sp³-hybridized carbons (Fsp3) is 0.500. The van der Waals surface area contributed by atoms with Crippen molar-refractivity contribution in [3.63, 3.8) is 0 Å². The van der Waals surface area contributed by atoms with Crippen LogP contribution in [-0.4, -0.2) is 27.0 Å². The number of aromatic nitrogens is 2. The summed E-state index contributed by atoms with van der Waals surface area (Å²) in [6.07, 6.45) is 3.25. The van der Waals surface area contributed by atoms with Crippen LogP contribution in [0.4, 0.5) is 0 Å². The standard InChI is InChI=1S/C10H15N3O3/c1-6(7(2)10(15)16)9(14)13-5-8-11-3-4-12-8/h3-4,6-7H,5H2,1-2H3,(H,11,12)(H,13,14)(H,15,16). The van der Waals surface area contributed by atoms with Crippen LogP contribution in [0.2, 0.25) is 0 Å². The highest BCUT2D eigenvalue weighted by Crippen LogP contribution is 2.11. The predicted molar refractivity (Wildman–Crippen MR) is 56.4 cm³/mol. The number of aromatic amines is 1. The lowest BCUT2D eigenvalue weighted by Gasteiger charge is -2.15. The molecule has 2 atom stereocenters. The van der Waals surface area contributed by atoms with Crippen molar-refractivity contribution in [2.45, 2.75) is 20.4 Å². The molecular weight excluding hydrogens is 210 g/mol. The molecule has 0 aliphatic rings. The smallest absolute Gasteiger partial charge is 0.307 e. The van der Waals surface area contributed by atoms with Gasteiger partial charge in [0, 0.05) is 18.3 Å². The average Bonchev–Trinajstić information content (AvgIpc) is 2.76. The molecule has 0 saturated heterocycles. The molecule has 1 heterocycles. The number of rotatable bonds is 5. The topological polar surface area (TPSA) is 95.1 Å². The van der Waals surface area contributed by atoms with Crippen molar-refractivity contribution in [2.24, 2.45) is 11.8 Å². The molecule has 1 amide bonds. The van der Waals surface area contributed by atoms with Crippen molar-refractivity contribution < 1.29 is 14.7 Å². The fourth-order valence-electron chi connectivity index (χ4n) is 1.17. The van der Waals surface area contributed by atoms with E-state index in [-0.39, 0.29) is 12.5 Å². The number of carbonyl (C=O) groups excluding carboxylic acids is 1. The predicted octanol–water partition coefficient (Wildman–Crippen LogP) is 0.383. The minimum Gasteiger partial charge on any atom is -0.481 e. The Bertz CT molecular complexity index is 361. The molecule has 6 heteroatoms. The lowest BCUT2D eigenvalue weighted by Crippen LogP contribution is -2.35. The van der Waals surface area contributed by atoms with Crippen LogP contribution in [0.3, 0.4) is 0 Å². The summed E-state index contributed by atoms with van der Waals surface area (Å²) < 4.78 is 0. The molecule has 1 aromatic rings. The Labute approximate surface area is 93.1 Å². The Morgan fingerprint density at radius 2 is 2.19 bits per heavy atom. The normalized spacial score (nSPS) is 14.1. The Balaban J connectivity index is 2.43. The summed E-state index contributed by atoms with van der Waals surface area (Å²) in [7, 11) is 0. The molecule has 2 unspecified atom stereocenters. The van der Waals surface area contributed by atoms with Crippen molar-refractivity contribution in [2.75, 3.05) is 0 Å². The van der Waals surface area contributed by atoms with E-state index in [4.69, 9.17) is 5.11 Å². The van der Waals surface area contributed by atoms with E-state index in [0.717, 1.165) is 0 Å². The molecule has 0 aromatic carbocycles. The molecule has 0 aliphatic heterocycles. The van der Waals surface area contributed by atoms with E-state index < -0.39 is 17.8 Å². The highest BCUT2D eigenvalue weighted by atomic mass is 16.4. The van der Waals surface area contributed by atoms with Crippen LogP contribution >= 0.6 is 0 Å². The van der Waals surface area contributed by atoms with E-state index in [1.807, 2.05) is 0 Å². The van der Waals surface area contributed by atoms with Crippen LogP contribution in [0, 0.1) is 11.8 Å². The molecule has 16 heavy (non-hydrogen) atoms. The first-order valence-corrected chi connectivity index (χ1v) is 5.01. The van der Waals surface area contributed by atoms with Crippen LogP contribution in [-0.2, 0) is 16.1 Å². The fourth-order valence-corrected chi connectivity index (χ4v) is 1.17. The monoisotopic (exact) mass is 225 g/mol. The van der Waals surface area contributed by atoms with Gasteiger partial charge < -0.3 is 15.4 Å². The molecular formula is C10H15N3O3. The second-order valence-corrected chi connectivity index (χ2v) is 3.67. The van der Waals surface area contributed by atoms with Gasteiger partial charge >= 0.3 is 5.97 Å². The zero-order valence-corrected chi connectivity index (χ0v) is 9.23. The molecule has 0 saturated carbocycles. The first-order chi connectivity index (χ1) is 7.52. The molecule has 0 spiro atoms. The third-order valence-electron chi connectivity index (χ3n) is 2.54. The van der Waals surface area contributed by atoms with Gasteiger partial charge in [0.25, 0.3) is 0 Å². The minimum absolute atomic E-state index is 0.280. The van der Waals surface area contributed by atoms with E-state index in [1.54, 1.807) is 19.3 Å². The summed E-state index contributed by atoms with van der Waals surface area (Å²) >= 11 is 0. The van der Waals surface area contributed by atoms with Gasteiger partial charge in [-0.05, 0) is 0 Å². The molecule has 0 fully saturated rings. The van der Waals surface area contributed by atoms with Gasteiger partial charge in [0.1, 0.15) is 5.82 Å². The summed E-state index contributed by atoms with van der Waals surface area (Å²) in [5, 5.41) is 11.4. The van der Waals surface area contributed by atoms with Gasteiger partial charge in [0.05, 0.1) is 12.5 Å². The van der Waals surface area contributed by atoms with Crippen LogP contribution in [0.1, 0.15) is 19.7 Å². The third kappa shape index (κ3) is 3.08. The molecule has 3 N–H and O–H groups in total.